The van der Waals surface area contributed by atoms with Gasteiger partial charge in [-0.05, 0) is 70.6 Å². The smallest absolute Gasteiger partial charge is 0.0622 e. The molecule has 3 heterocycles. The number of hydrogen-bond acceptors (Lipinski definition) is 4. The molecule has 0 radical (unpaired) electrons. The Kier molecular flexibility index (Phi) is 6.54. The van der Waals surface area contributed by atoms with E-state index in [1.807, 2.05) is 0 Å². The van der Waals surface area contributed by atoms with E-state index in [1.54, 1.807) is 0 Å². The van der Waals surface area contributed by atoms with Crippen molar-refractivity contribution in [1.82, 2.24) is 9.80 Å². The molecule has 0 spiro atoms. The van der Waals surface area contributed by atoms with Crippen LogP contribution in [0.25, 0.3) is 0 Å². The van der Waals surface area contributed by atoms with Crippen LogP contribution in [0.3, 0.4) is 0 Å². The monoisotopic (exact) mass is 310 g/mol. The first-order valence-corrected chi connectivity index (χ1v) is 9.50. The van der Waals surface area contributed by atoms with E-state index in [1.165, 1.54) is 64.7 Å². The Bertz CT molecular complexity index is 306. The van der Waals surface area contributed by atoms with Gasteiger partial charge in [0.1, 0.15) is 0 Å². The Hall–Kier alpha value is -0.160. The molecule has 3 fully saturated rings. The zero-order valence-electron chi connectivity index (χ0n) is 14.3. The average molecular weight is 310 g/mol. The largest absolute Gasteiger partial charge is 0.380 e. The molecule has 2 unspecified atom stereocenters. The molecule has 0 saturated carbocycles. The van der Waals surface area contributed by atoms with Crippen molar-refractivity contribution >= 4 is 0 Å². The Morgan fingerprint density at radius 2 is 1.77 bits per heavy atom. The lowest BCUT2D eigenvalue weighted by Gasteiger charge is -2.35. The zero-order valence-corrected chi connectivity index (χ0v) is 14.3. The molecule has 0 aromatic carbocycles. The topological polar surface area (TPSA) is 24.9 Å². The summed E-state index contributed by atoms with van der Waals surface area (Å²) in [6, 6.07) is 1.41. The van der Waals surface area contributed by atoms with Crippen LogP contribution in [0.1, 0.15) is 45.4 Å². The van der Waals surface area contributed by atoms with E-state index in [0.29, 0.717) is 6.04 Å². The zero-order chi connectivity index (χ0) is 15.2. The maximum atomic E-state index is 5.54. The van der Waals surface area contributed by atoms with Crippen molar-refractivity contribution in [2.75, 3.05) is 52.6 Å². The first kappa shape index (κ1) is 16.7. The van der Waals surface area contributed by atoms with Crippen LogP contribution in [-0.2, 0) is 9.47 Å². The maximum absolute atomic E-state index is 5.54. The summed E-state index contributed by atoms with van der Waals surface area (Å²) in [5.41, 5.74) is 0. The number of rotatable bonds is 7. The minimum absolute atomic E-state index is 0.689. The van der Waals surface area contributed by atoms with E-state index in [4.69, 9.17) is 9.47 Å². The molecule has 0 aromatic rings. The predicted molar refractivity (Wildman–Crippen MR) is 89.2 cm³/mol. The fourth-order valence-electron chi connectivity index (χ4n) is 4.41. The second kappa shape index (κ2) is 8.62. The van der Waals surface area contributed by atoms with Gasteiger partial charge >= 0.3 is 0 Å². The number of likely N-dealkylation sites (tertiary alicyclic amines) is 1. The highest BCUT2D eigenvalue weighted by Crippen LogP contribution is 2.25. The van der Waals surface area contributed by atoms with E-state index in [2.05, 4.69) is 16.7 Å². The van der Waals surface area contributed by atoms with Gasteiger partial charge in [0.05, 0.1) is 13.2 Å². The van der Waals surface area contributed by atoms with Gasteiger partial charge in [0.2, 0.25) is 0 Å². The molecular weight excluding hydrogens is 276 g/mol. The summed E-state index contributed by atoms with van der Waals surface area (Å²) in [5, 5.41) is 0. The van der Waals surface area contributed by atoms with E-state index in [0.717, 1.165) is 38.4 Å². The minimum atomic E-state index is 0.689. The minimum Gasteiger partial charge on any atom is -0.380 e. The van der Waals surface area contributed by atoms with Crippen molar-refractivity contribution in [3.63, 3.8) is 0 Å². The molecule has 4 nitrogen and oxygen atoms in total. The van der Waals surface area contributed by atoms with Crippen molar-refractivity contribution in [2.45, 2.75) is 57.5 Å². The number of nitrogens with zero attached hydrogens (tertiary/aromatic N) is 2. The number of ether oxygens (including phenoxy) is 2. The number of likely N-dealkylation sites (N-methyl/N-ethyl adjacent to an activating group) is 1. The summed E-state index contributed by atoms with van der Waals surface area (Å²) >= 11 is 0. The Morgan fingerprint density at radius 3 is 2.41 bits per heavy atom. The third-order valence-corrected chi connectivity index (χ3v) is 5.96. The highest BCUT2D eigenvalue weighted by atomic mass is 16.5. The van der Waals surface area contributed by atoms with E-state index in [-0.39, 0.29) is 0 Å². The molecule has 4 heteroatoms. The van der Waals surface area contributed by atoms with Crippen LogP contribution in [0, 0.1) is 5.92 Å². The molecule has 22 heavy (non-hydrogen) atoms. The van der Waals surface area contributed by atoms with Crippen LogP contribution >= 0.6 is 0 Å². The fraction of sp³-hybridized carbons (Fsp3) is 1.00. The molecular formula is C18H34N2O2. The van der Waals surface area contributed by atoms with Crippen LogP contribution in [0.2, 0.25) is 0 Å². The lowest BCUT2D eigenvalue weighted by atomic mass is 9.91. The third-order valence-electron chi connectivity index (χ3n) is 5.96. The molecule has 3 rings (SSSR count). The van der Waals surface area contributed by atoms with Gasteiger partial charge in [0, 0.05) is 25.3 Å². The van der Waals surface area contributed by atoms with E-state index < -0.39 is 0 Å². The Labute approximate surface area is 136 Å². The van der Waals surface area contributed by atoms with Gasteiger partial charge in [0.25, 0.3) is 0 Å². The van der Waals surface area contributed by atoms with Gasteiger partial charge < -0.3 is 9.47 Å². The Balaban J connectivity index is 1.31. The molecule has 0 N–H and O–H groups in total. The van der Waals surface area contributed by atoms with Gasteiger partial charge in [-0.2, -0.15) is 0 Å². The summed E-state index contributed by atoms with van der Waals surface area (Å²) in [4.78, 5) is 5.32. The molecule has 3 aliphatic rings. The van der Waals surface area contributed by atoms with Crippen molar-refractivity contribution in [3.05, 3.63) is 0 Å². The van der Waals surface area contributed by atoms with Gasteiger partial charge in [-0.25, -0.2) is 0 Å². The lowest BCUT2D eigenvalue weighted by molar-refractivity contribution is 0.104. The van der Waals surface area contributed by atoms with Crippen LogP contribution in [0.4, 0.5) is 0 Å². The highest BCUT2D eigenvalue weighted by molar-refractivity contribution is 4.81. The highest BCUT2D eigenvalue weighted by Gasteiger charge is 2.28. The van der Waals surface area contributed by atoms with Crippen LogP contribution in [0.5, 0.6) is 0 Å². The van der Waals surface area contributed by atoms with Crippen molar-refractivity contribution in [2.24, 2.45) is 5.92 Å². The maximum Gasteiger partial charge on any atom is 0.0622 e. The third kappa shape index (κ3) is 4.44. The molecule has 3 saturated heterocycles. The quantitative estimate of drug-likeness (QED) is 0.721. The summed E-state index contributed by atoms with van der Waals surface area (Å²) < 4.78 is 11.1. The first-order valence-electron chi connectivity index (χ1n) is 9.50. The number of piperidine rings is 1. The average Bonchev–Trinajstić information content (AvgIpc) is 3.25. The molecule has 128 valence electrons. The Morgan fingerprint density at radius 1 is 1.00 bits per heavy atom. The lowest BCUT2D eigenvalue weighted by Crippen LogP contribution is -2.42. The molecule has 3 aliphatic heterocycles. The van der Waals surface area contributed by atoms with Gasteiger partial charge in [-0.1, -0.05) is 6.92 Å². The molecule has 0 amide bonds. The van der Waals surface area contributed by atoms with Gasteiger partial charge in [-0.3, -0.25) is 9.80 Å². The van der Waals surface area contributed by atoms with E-state index in [9.17, 15) is 0 Å². The standard InChI is InChI=1S/C18H34N2O2/c1-2-19(17-7-12-21-14-17)9-3-4-16-5-10-20(11-6-16)18-8-13-22-15-18/h16-18H,2-15H2,1H3. The predicted octanol–water partition coefficient (Wildman–Crippen LogP) is 2.38. The van der Waals surface area contributed by atoms with Crippen LogP contribution < -0.4 is 0 Å². The van der Waals surface area contributed by atoms with Crippen molar-refractivity contribution in [1.29, 1.82) is 0 Å². The van der Waals surface area contributed by atoms with Gasteiger partial charge in [-0.15, -0.1) is 0 Å². The van der Waals surface area contributed by atoms with Crippen LogP contribution in [0.15, 0.2) is 0 Å². The molecule has 0 bridgehead atoms. The second-order valence-corrected chi connectivity index (χ2v) is 7.28. The molecule has 0 aromatic heterocycles. The summed E-state index contributed by atoms with van der Waals surface area (Å²) in [6.45, 7) is 11.2. The first-order chi connectivity index (χ1) is 10.9. The molecule has 2 atom stereocenters. The van der Waals surface area contributed by atoms with Crippen molar-refractivity contribution < 1.29 is 9.47 Å². The van der Waals surface area contributed by atoms with Crippen molar-refractivity contribution in [3.8, 4) is 0 Å². The second-order valence-electron chi connectivity index (χ2n) is 7.28. The summed E-state index contributed by atoms with van der Waals surface area (Å²) in [5.74, 6) is 0.956. The fourth-order valence-corrected chi connectivity index (χ4v) is 4.41. The summed E-state index contributed by atoms with van der Waals surface area (Å²) in [7, 11) is 0. The summed E-state index contributed by atoms with van der Waals surface area (Å²) in [6.07, 6.45) is 8.06. The van der Waals surface area contributed by atoms with E-state index >= 15 is 0 Å². The molecule has 0 aliphatic carbocycles. The normalized spacial score (nSPS) is 31.4. The van der Waals surface area contributed by atoms with Crippen LogP contribution in [-0.4, -0.2) is 74.5 Å². The SMILES string of the molecule is CCN(CCCC1CCN(C2CCOC2)CC1)C1CCOC1. The number of hydrogen-bond donors (Lipinski definition) is 0. The van der Waals surface area contributed by atoms with Gasteiger partial charge in [0.15, 0.2) is 0 Å².